The number of carboxylic acids is 1. The number of nitrogens with one attached hydrogen (secondary N) is 2. The van der Waals surface area contributed by atoms with Crippen LogP contribution in [0.3, 0.4) is 0 Å². The predicted molar refractivity (Wildman–Crippen MR) is 202 cm³/mol. The molecule has 7 rings (SSSR count). The van der Waals surface area contributed by atoms with E-state index in [4.69, 9.17) is 44.6 Å². The first-order valence-corrected chi connectivity index (χ1v) is 18.1. The summed E-state index contributed by atoms with van der Waals surface area (Å²) in [6, 6.07) is 22.1. The van der Waals surface area contributed by atoms with Gasteiger partial charge in [0.05, 0.1) is 36.3 Å². The largest absolute Gasteiger partial charge is 0.496 e. The normalized spacial score (nSPS) is 17.7. The Balaban J connectivity index is 1.10. The number of carbonyl (C=O) groups excluding carboxylic acids is 1. The third-order valence-electron chi connectivity index (χ3n) is 9.92. The van der Waals surface area contributed by atoms with Crippen LogP contribution in [-0.4, -0.2) is 64.4 Å². The Morgan fingerprint density at radius 3 is 2.49 bits per heavy atom. The highest BCUT2D eigenvalue weighted by Gasteiger charge is 2.29. The maximum absolute atomic E-state index is 11.5. The third-order valence-corrected chi connectivity index (χ3v) is 11.0. The summed E-state index contributed by atoms with van der Waals surface area (Å²) in [7, 11) is 1.63. The van der Waals surface area contributed by atoms with E-state index >= 15 is 0 Å². The van der Waals surface area contributed by atoms with Crippen molar-refractivity contribution in [3.05, 3.63) is 105 Å². The number of amides is 1. The molecule has 2 saturated heterocycles. The van der Waals surface area contributed by atoms with E-state index in [-0.39, 0.29) is 17.9 Å². The third kappa shape index (κ3) is 7.59. The molecule has 2 aliphatic heterocycles. The van der Waals surface area contributed by atoms with E-state index in [2.05, 4.69) is 15.5 Å². The number of halogens is 3. The standard InChI is InChI=1S/C39H38Cl3N5O4/c1-51-36-16-26(34(41)15-27(36)21-46-13-12-25(20-46)39(49)50)22-47-35-7-3-5-30(32(35)19-44-47)31-6-2-4-29(38(31)42)23-8-9-24(33(40)14-23)17-43-18-28-10-11-37(48)45-28/h2-9,14-16,19,25,28,43H,10-13,17-18,20-22H2,1H3,(H,45,48)(H,49,50). The van der Waals surface area contributed by atoms with Gasteiger partial charge in [-0.25, -0.2) is 0 Å². The average Bonchev–Trinajstić information content (AvgIpc) is 3.87. The average molecular weight is 747 g/mol. The molecule has 2 atom stereocenters. The van der Waals surface area contributed by atoms with E-state index < -0.39 is 5.97 Å². The lowest BCUT2D eigenvalue weighted by molar-refractivity contribution is -0.141. The predicted octanol–water partition coefficient (Wildman–Crippen LogP) is 7.66. The zero-order valence-electron chi connectivity index (χ0n) is 28.1. The topological polar surface area (TPSA) is 109 Å². The number of nitrogens with zero attached hydrogens (tertiary/aromatic N) is 3. The summed E-state index contributed by atoms with van der Waals surface area (Å²) in [5.74, 6) is -0.290. The molecule has 2 aliphatic rings. The number of hydrogen-bond donors (Lipinski definition) is 3. The lowest BCUT2D eigenvalue weighted by Crippen LogP contribution is -2.35. The van der Waals surface area contributed by atoms with Crippen LogP contribution in [-0.2, 0) is 29.2 Å². The molecule has 0 bridgehead atoms. The number of aromatic nitrogens is 2. The Bertz CT molecular complexity index is 2120. The van der Waals surface area contributed by atoms with Gasteiger partial charge in [0.2, 0.25) is 5.91 Å². The molecule has 264 valence electrons. The number of carboxylic acid groups (broad SMARTS) is 1. The minimum Gasteiger partial charge on any atom is -0.496 e. The van der Waals surface area contributed by atoms with Crippen molar-refractivity contribution in [1.29, 1.82) is 0 Å². The molecular weight excluding hydrogens is 709 g/mol. The molecule has 2 fully saturated rings. The number of ether oxygens (including phenoxy) is 1. The summed E-state index contributed by atoms with van der Waals surface area (Å²) in [6.07, 6.45) is 3.92. The number of aliphatic carboxylic acids is 1. The second-order valence-electron chi connectivity index (χ2n) is 13.3. The van der Waals surface area contributed by atoms with Crippen LogP contribution in [0.1, 0.15) is 36.0 Å². The Morgan fingerprint density at radius 2 is 1.75 bits per heavy atom. The van der Waals surface area contributed by atoms with Gasteiger partial charge in [-0.2, -0.15) is 5.10 Å². The monoisotopic (exact) mass is 745 g/mol. The number of methoxy groups -OCH3 is 1. The Kier molecular flexibility index (Phi) is 10.5. The molecule has 4 aromatic carbocycles. The number of carbonyl (C=O) groups is 2. The maximum Gasteiger partial charge on any atom is 0.307 e. The molecule has 0 saturated carbocycles. The zero-order chi connectivity index (χ0) is 35.6. The van der Waals surface area contributed by atoms with Crippen LogP contribution in [0.25, 0.3) is 33.2 Å². The number of likely N-dealkylation sites (tertiary alicyclic amines) is 1. The number of rotatable bonds is 12. The molecule has 0 radical (unpaired) electrons. The summed E-state index contributed by atoms with van der Waals surface area (Å²) in [5, 5.41) is 23.3. The minimum atomic E-state index is -0.754. The Morgan fingerprint density at radius 1 is 0.961 bits per heavy atom. The summed E-state index contributed by atoms with van der Waals surface area (Å²) in [6.45, 7) is 3.52. The molecule has 5 aromatic rings. The number of hydrogen-bond acceptors (Lipinski definition) is 6. The van der Waals surface area contributed by atoms with Crippen molar-refractivity contribution in [3.8, 4) is 28.0 Å². The first-order chi connectivity index (χ1) is 24.7. The molecule has 1 aromatic heterocycles. The zero-order valence-corrected chi connectivity index (χ0v) is 30.4. The highest BCUT2D eigenvalue weighted by molar-refractivity contribution is 6.37. The quantitative estimate of drug-likeness (QED) is 0.120. The fraction of sp³-hybridized carbons (Fsp3) is 0.308. The molecule has 2 unspecified atom stereocenters. The molecule has 9 nitrogen and oxygen atoms in total. The first kappa shape index (κ1) is 35.3. The summed E-state index contributed by atoms with van der Waals surface area (Å²) >= 11 is 20.7. The first-order valence-electron chi connectivity index (χ1n) is 17.0. The van der Waals surface area contributed by atoms with Crippen LogP contribution in [0.5, 0.6) is 5.75 Å². The van der Waals surface area contributed by atoms with Crippen LogP contribution < -0.4 is 15.4 Å². The highest BCUT2D eigenvalue weighted by atomic mass is 35.5. The molecule has 3 heterocycles. The van der Waals surface area contributed by atoms with Crippen molar-refractivity contribution in [1.82, 2.24) is 25.3 Å². The Hall–Kier alpha value is -4.12. The van der Waals surface area contributed by atoms with E-state index in [9.17, 15) is 14.7 Å². The van der Waals surface area contributed by atoms with Crippen LogP contribution in [0.2, 0.25) is 15.1 Å². The molecule has 51 heavy (non-hydrogen) atoms. The van der Waals surface area contributed by atoms with E-state index in [1.165, 1.54) is 0 Å². The van der Waals surface area contributed by atoms with Crippen molar-refractivity contribution in [3.63, 3.8) is 0 Å². The SMILES string of the molecule is COc1cc(Cn2ncc3c(-c4cccc(-c5ccc(CNCC6CCC(=O)N6)c(Cl)c5)c4Cl)cccc32)c(Cl)cc1CN1CCC(C(=O)O)C1. The lowest BCUT2D eigenvalue weighted by atomic mass is 9.96. The van der Waals surface area contributed by atoms with Crippen molar-refractivity contribution >= 4 is 57.6 Å². The fourth-order valence-corrected chi connectivity index (χ4v) is 7.98. The van der Waals surface area contributed by atoms with Crippen molar-refractivity contribution in [2.24, 2.45) is 5.92 Å². The van der Waals surface area contributed by atoms with Crippen molar-refractivity contribution in [2.75, 3.05) is 26.7 Å². The van der Waals surface area contributed by atoms with Gasteiger partial charge in [0.25, 0.3) is 0 Å². The molecule has 1 amide bonds. The minimum absolute atomic E-state index is 0.107. The molecule has 0 spiro atoms. The van der Waals surface area contributed by atoms with Crippen LogP contribution in [0.15, 0.2) is 72.9 Å². The molecular formula is C39H38Cl3N5O4. The maximum atomic E-state index is 11.5. The van der Waals surface area contributed by atoms with Gasteiger partial charge in [-0.1, -0.05) is 77.3 Å². The van der Waals surface area contributed by atoms with Crippen LogP contribution in [0.4, 0.5) is 0 Å². The summed E-state index contributed by atoms with van der Waals surface area (Å²) in [4.78, 5) is 25.1. The second kappa shape index (κ2) is 15.2. The fourth-order valence-electron chi connectivity index (χ4n) is 7.15. The van der Waals surface area contributed by atoms with Crippen LogP contribution in [0, 0.1) is 5.92 Å². The smallest absolute Gasteiger partial charge is 0.307 e. The molecule has 3 N–H and O–H groups in total. The lowest BCUT2D eigenvalue weighted by Gasteiger charge is -2.19. The van der Waals surface area contributed by atoms with E-state index in [0.29, 0.717) is 66.4 Å². The van der Waals surface area contributed by atoms with Gasteiger partial charge in [0.1, 0.15) is 5.75 Å². The summed E-state index contributed by atoms with van der Waals surface area (Å²) in [5.41, 5.74) is 7.32. The van der Waals surface area contributed by atoms with Gasteiger partial charge in [0.15, 0.2) is 0 Å². The summed E-state index contributed by atoms with van der Waals surface area (Å²) < 4.78 is 7.67. The molecule has 12 heteroatoms. The van der Waals surface area contributed by atoms with Crippen LogP contribution >= 0.6 is 34.8 Å². The van der Waals surface area contributed by atoms with E-state index in [1.54, 1.807) is 7.11 Å². The van der Waals surface area contributed by atoms with Gasteiger partial charge in [-0.05, 0) is 65.9 Å². The van der Waals surface area contributed by atoms with Gasteiger partial charge in [0, 0.05) is 70.8 Å². The van der Waals surface area contributed by atoms with Crippen molar-refractivity contribution < 1.29 is 19.4 Å². The van der Waals surface area contributed by atoms with E-state index in [0.717, 1.165) is 62.8 Å². The second-order valence-corrected chi connectivity index (χ2v) is 14.5. The van der Waals surface area contributed by atoms with Gasteiger partial charge in [-0.3, -0.25) is 19.2 Å². The van der Waals surface area contributed by atoms with Gasteiger partial charge < -0.3 is 20.5 Å². The number of benzene rings is 4. The van der Waals surface area contributed by atoms with E-state index in [1.807, 2.05) is 77.6 Å². The highest BCUT2D eigenvalue weighted by Crippen LogP contribution is 2.40. The van der Waals surface area contributed by atoms with Crippen molar-refractivity contribution in [2.45, 2.75) is 44.9 Å². The molecule has 0 aliphatic carbocycles. The van der Waals surface area contributed by atoms with Gasteiger partial charge >= 0.3 is 5.97 Å². The number of fused-ring (bicyclic) bond motifs is 1. The van der Waals surface area contributed by atoms with Gasteiger partial charge in [-0.15, -0.1) is 0 Å². The Labute approximate surface area is 311 Å².